The van der Waals surface area contributed by atoms with Crippen LogP contribution in [0.1, 0.15) is 43.3 Å². The number of amides is 2. The molecule has 1 atom stereocenters. The van der Waals surface area contributed by atoms with Crippen LogP contribution in [0.2, 0.25) is 0 Å². The maximum absolute atomic E-state index is 12.3. The van der Waals surface area contributed by atoms with E-state index in [9.17, 15) is 4.79 Å². The number of aromatic nitrogens is 2. The Morgan fingerprint density at radius 1 is 1.38 bits per heavy atom. The van der Waals surface area contributed by atoms with Crippen molar-refractivity contribution in [2.75, 3.05) is 11.9 Å². The van der Waals surface area contributed by atoms with Crippen molar-refractivity contribution in [3.05, 3.63) is 41.2 Å². The van der Waals surface area contributed by atoms with Gasteiger partial charge in [0.2, 0.25) is 0 Å². The second kappa shape index (κ2) is 7.86. The minimum absolute atomic E-state index is 0.127. The van der Waals surface area contributed by atoms with E-state index < -0.39 is 0 Å². The Bertz CT molecular complexity index is 709. The number of benzene rings is 1. The lowest BCUT2D eigenvalue weighted by Gasteiger charge is -2.16. The minimum Gasteiger partial charge on any atom is -0.494 e. The largest absolute Gasteiger partial charge is 0.494 e. The van der Waals surface area contributed by atoms with Crippen molar-refractivity contribution in [3.8, 4) is 5.75 Å². The molecular formula is C18H26N4O2. The van der Waals surface area contributed by atoms with Crippen molar-refractivity contribution >= 4 is 11.7 Å². The summed E-state index contributed by atoms with van der Waals surface area (Å²) in [5.41, 5.74) is 3.73. The first-order chi connectivity index (χ1) is 11.4. The molecule has 0 unspecified atom stereocenters. The number of rotatable bonds is 6. The Hall–Kier alpha value is -2.50. The lowest BCUT2D eigenvalue weighted by Crippen LogP contribution is -2.31. The van der Waals surface area contributed by atoms with Crippen LogP contribution in [0.25, 0.3) is 0 Å². The normalized spacial score (nSPS) is 11.9. The smallest absolute Gasteiger partial charge is 0.319 e. The molecule has 0 aliphatic heterocycles. The van der Waals surface area contributed by atoms with Gasteiger partial charge in [0.1, 0.15) is 5.75 Å². The molecular weight excluding hydrogens is 304 g/mol. The van der Waals surface area contributed by atoms with E-state index in [1.165, 1.54) is 0 Å². The van der Waals surface area contributed by atoms with Crippen molar-refractivity contribution in [2.24, 2.45) is 7.05 Å². The van der Waals surface area contributed by atoms with Gasteiger partial charge in [0.15, 0.2) is 0 Å². The fourth-order valence-electron chi connectivity index (χ4n) is 2.74. The van der Waals surface area contributed by atoms with Crippen molar-refractivity contribution in [1.29, 1.82) is 0 Å². The van der Waals surface area contributed by atoms with Gasteiger partial charge in [-0.25, -0.2) is 4.79 Å². The van der Waals surface area contributed by atoms with E-state index in [1.807, 2.05) is 56.8 Å². The number of carbonyl (C=O) groups excluding carboxylic acids is 1. The first-order valence-corrected chi connectivity index (χ1v) is 8.22. The Morgan fingerprint density at radius 3 is 2.75 bits per heavy atom. The Balaban J connectivity index is 2.00. The van der Waals surface area contributed by atoms with Crippen LogP contribution < -0.4 is 15.4 Å². The SMILES string of the molecule is CCCOc1cccc(NC(=O)N[C@@H](C)c2c(C)nn(C)c2C)c1. The molecule has 130 valence electrons. The van der Waals surface area contributed by atoms with Gasteiger partial charge in [-0.1, -0.05) is 13.0 Å². The summed E-state index contributed by atoms with van der Waals surface area (Å²) in [7, 11) is 1.90. The molecule has 2 aromatic rings. The van der Waals surface area contributed by atoms with E-state index in [0.717, 1.165) is 29.1 Å². The lowest BCUT2D eigenvalue weighted by atomic mass is 10.1. The summed E-state index contributed by atoms with van der Waals surface area (Å²) in [5, 5.41) is 10.2. The molecule has 0 saturated carbocycles. The fraction of sp³-hybridized carbons (Fsp3) is 0.444. The summed E-state index contributed by atoms with van der Waals surface area (Å²) in [6, 6.07) is 7.02. The molecule has 2 N–H and O–H groups in total. The average Bonchev–Trinajstić information content (AvgIpc) is 2.78. The van der Waals surface area contributed by atoms with Crippen LogP contribution in [0.3, 0.4) is 0 Å². The summed E-state index contributed by atoms with van der Waals surface area (Å²) >= 11 is 0. The molecule has 6 heteroatoms. The Morgan fingerprint density at radius 2 is 2.12 bits per heavy atom. The minimum atomic E-state index is -0.252. The Kier molecular flexibility index (Phi) is 5.84. The number of ether oxygens (including phenoxy) is 1. The van der Waals surface area contributed by atoms with Gasteiger partial charge in [-0.05, 0) is 39.3 Å². The summed E-state index contributed by atoms with van der Waals surface area (Å²) in [6.45, 7) is 8.62. The van der Waals surface area contributed by atoms with Gasteiger partial charge >= 0.3 is 6.03 Å². The first-order valence-electron chi connectivity index (χ1n) is 8.22. The lowest BCUT2D eigenvalue weighted by molar-refractivity contribution is 0.249. The van der Waals surface area contributed by atoms with Crippen LogP contribution in [-0.4, -0.2) is 22.4 Å². The van der Waals surface area contributed by atoms with E-state index >= 15 is 0 Å². The highest BCUT2D eigenvalue weighted by Crippen LogP contribution is 2.21. The van der Waals surface area contributed by atoms with Gasteiger partial charge in [-0.3, -0.25) is 4.68 Å². The molecule has 0 aliphatic carbocycles. The van der Waals surface area contributed by atoms with E-state index in [0.29, 0.717) is 12.3 Å². The third-order valence-corrected chi connectivity index (χ3v) is 3.91. The van der Waals surface area contributed by atoms with Crippen LogP contribution in [0, 0.1) is 13.8 Å². The van der Waals surface area contributed by atoms with Crippen LogP contribution in [0.15, 0.2) is 24.3 Å². The standard InChI is InChI=1S/C18H26N4O2/c1-6-10-24-16-9-7-8-15(11-16)20-18(23)19-12(2)17-13(3)21-22(5)14(17)4/h7-9,11-12H,6,10H2,1-5H3,(H2,19,20,23)/t12-/m0/s1. The third-order valence-electron chi connectivity index (χ3n) is 3.91. The summed E-state index contributed by atoms with van der Waals surface area (Å²) in [4.78, 5) is 12.3. The van der Waals surface area contributed by atoms with E-state index in [2.05, 4.69) is 22.7 Å². The maximum Gasteiger partial charge on any atom is 0.319 e. The third kappa shape index (κ3) is 4.28. The number of nitrogens with one attached hydrogen (secondary N) is 2. The predicted molar refractivity (Wildman–Crippen MR) is 95.5 cm³/mol. The highest BCUT2D eigenvalue weighted by atomic mass is 16.5. The molecule has 0 spiro atoms. The van der Waals surface area contributed by atoms with Gasteiger partial charge in [0.25, 0.3) is 0 Å². The zero-order chi connectivity index (χ0) is 17.7. The number of urea groups is 1. The number of carbonyl (C=O) groups is 1. The number of hydrogen-bond acceptors (Lipinski definition) is 3. The van der Waals surface area contributed by atoms with Crippen LogP contribution in [0.4, 0.5) is 10.5 Å². The molecule has 1 heterocycles. The van der Waals surface area contributed by atoms with Gasteiger partial charge in [0, 0.05) is 30.1 Å². The van der Waals surface area contributed by atoms with Crippen molar-refractivity contribution in [2.45, 2.75) is 40.2 Å². The Labute approximate surface area is 143 Å². The fourth-order valence-corrected chi connectivity index (χ4v) is 2.74. The molecule has 2 rings (SSSR count). The van der Waals surface area contributed by atoms with E-state index in [1.54, 1.807) is 0 Å². The van der Waals surface area contributed by atoms with Crippen LogP contribution >= 0.6 is 0 Å². The van der Waals surface area contributed by atoms with Gasteiger partial charge in [-0.2, -0.15) is 5.10 Å². The second-order valence-corrected chi connectivity index (χ2v) is 5.90. The topological polar surface area (TPSA) is 68.2 Å². The maximum atomic E-state index is 12.3. The van der Waals surface area contributed by atoms with Crippen molar-refractivity contribution in [1.82, 2.24) is 15.1 Å². The monoisotopic (exact) mass is 330 g/mol. The highest BCUT2D eigenvalue weighted by molar-refractivity contribution is 5.89. The molecule has 0 bridgehead atoms. The highest BCUT2D eigenvalue weighted by Gasteiger charge is 2.18. The van der Waals surface area contributed by atoms with Crippen molar-refractivity contribution in [3.63, 3.8) is 0 Å². The molecule has 1 aromatic carbocycles. The summed E-state index contributed by atoms with van der Waals surface area (Å²) < 4.78 is 7.41. The number of aryl methyl sites for hydroxylation is 2. The zero-order valence-electron chi connectivity index (χ0n) is 15.0. The van der Waals surface area contributed by atoms with Gasteiger partial charge in [0.05, 0.1) is 18.3 Å². The predicted octanol–water partition coefficient (Wildman–Crippen LogP) is 3.71. The molecule has 24 heavy (non-hydrogen) atoms. The van der Waals surface area contributed by atoms with E-state index in [-0.39, 0.29) is 12.1 Å². The number of nitrogens with zero attached hydrogens (tertiary/aromatic N) is 2. The number of hydrogen-bond donors (Lipinski definition) is 2. The number of anilines is 1. The van der Waals surface area contributed by atoms with Crippen LogP contribution in [-0.2, 0) is 7.05 Å². The van der Waals surface area contributed by atoms with Crippen molar-refractivity contribution < 1.29 is 9.53 Å². The van der Waals surface area contributed by atoms with Crippen LogP contribution in [0.5, 0.6) is 5.75 Å². The molecule has 0 saturated heterocycles. The molecule has 1 aromatic heterocycles. The van der Waals surface area contributed by atoms with Gasteiger partial charge in [-0.15, -0.1) is 0 Å². The second-order valence-electron chi connectivity index (χ2n) is 5.90. The summed E-state index contributed by atoms with van der Waals surface area (Å²) in [6.07, 6.45) is 0.944. The average molecular weight is 330 g/mol. The summed E-state index contributed by atoms with van der Waals surface area (Å²) in [5.74, 6) is 0.752. The molecule has 6 nitrogen and oxygen atoms in total. The quantitative estimate of drug-likeness (QED) is 0.848. The molecule has 0 aliphatic rings. The molecule has 2 amide bonds. The first kappa shape index (κ1) is 17.8. The molecule has 0 fully saturated rings. The molecule has 0 radical (unpaired) electrons. The zero-order valence-corrected chi connectivity index (χ0v) is 15.0. The van der Waals surface area contributed by atoms with E-state index in [4.69, 9.17) is 4.74 Å². The van der Waals surface area contributed by atoms with Gasteiger partial charge < -0.3 is 15.4 Å².